The molecule has 0 bridgehead atoms. The zero-order chi connectivity index (χ0) is 19.2. The number of benzene rings is 1. The van der Waals surface area contributed by atoms with Crippen LogP contribution in [0.15, 0.2) is 29.2 Å². The maximum atomic E-state index is 12.6. The zero-order valence-electron chi connectivity index (χ0n) is 16.2. The Labute approximate surface area is 168 Å². The SMILES string of the molecule is CCN(CC)S(=O)(=O)c1ccc(CNC(=O)C2(OC)CCNCC2)cc1.Cl. The molecule has 1 saturated heterocycles. The number of nitrogens with zero attached hydrogens (tertiary/aromatic N) is 1. The highest BCUT2D eigenvalue weighted by molar-refractivity contribution is 7.89. The molecule has 1 aliphatic rings. The average Bonchev–Trinajstić information content (AvgIpc) is 2.67. The van der Waals surface area contributed by atoms with Gasteiger partial charge in [-0.3, -0.25) is 4.79 Å². The summed E-state index contributed by atoms with van der Waals surface area (Å²) < 4.78 is 31.9. The normalized spacial score (nSPS) is 16.6. The number of sulfonamides is 1. The van der Waals surface area contributed by atoms with Gasteiger partial charge in [-0.25, -0.2) is 8.42 Å². The molecule has 1 aromatic rings. The van der Waals surface area contributed by atoms with Crippen LogP contribution in [0.25, 0.3) is 0 Å². The lowest BCUT2D eigenvalue weighted by Gasteiger charge is -2.34. The molecule has 0 saturated carbocycles. The molecular weight excluding hydrogens is 390 g/mol. The van der Waals surface area contributed by atoms with Gasteiger partial charge in [-0.15, -0.1) is 12.4 Å². The fourth-order valence-corrected chi connectivity index (χ4v) is 4.65. The highest BCUT2D eigenvalue weighted by Crippen LogP contribution is 2.23. The highest BCUT2D eigenvalue weighted by Gasteiger charge is 2.39. The van der Waals surface area contributed by atoms with E-state index in [1.807, 2.05) is 13.8 Å². The summed E-state index contributed by atoms with van der Waals surface area (Å²) in [5, 5.41) is 6.13. The first kappa shape index (κ1) is 23.8. The molecule has 0 atom stereocenters. The lowest BCUT2D eigenvalue weighted by molar-refractivity contribution is -0.146. The molecule has 0 unspecified atom stereocenters. The van der Waals surface area contributed by atoms with Gasteiger partial charge in [0.25, 0.3) is 5.91 Å². The molecule has 0 aliphatic carbocycles. The number of halogens is 1. The summed E-state index contributed by atoms with van der Waals surface area (Å²) >= 11 is 0. The van der Waals surface area contributed by atoms with Crippen LogP contribution in [0.4, 0.5) is 0 Å². The molecule has 1 aromatic carbocycles. The van der Waals surface area contributed by atoms with E-state index in [9.17, 15) is 13.2 Å². The maximum absolute atomic E-state index is 12.6. The summed E-state index contributed by atoms with van der Waals surface area (Å²) in [6.07, 6.45) is 1.27. The Kier molecular flexibility index (Phi) is 9.17. The van der Waals surface area contributed by atoms with Gasteiger partial charge in [0.15, 0.2) is 0 Å². The summed E-state index contributed by atoms with van der Waals surface area (Å²) in [5.74, 6) is -0.124. The number of rotatable bonds is 8. The van der Waals surface area contributed by atoms with Crippen molar-refractivity contribution in [2.45, 2.75) is 43.7 Å². The van der Waals surface area contributed by atoms with Crippen LogP contribution in [0.5, 0.6) is 0 Å². The minimum absolute atomic E-state index is 0. The Morgan fingerprint density at radius 1 is 1.19 bits per heavy atom. The Bertz CT molecular complexity index is 700. The summed E-state index contributed by atoms with van der Waals surface area (Å²) in [7, 11) is -1.89. The standard InChI is InChI=1S/C18H29N3O4S.ClH/c1-4-21(5-2)26(23,24)16-8-6-15(7-9-16)14-20-17(22)18(25-3)10-12-19-13-11-18;/h6-9,19H,4-5,10-14H2,1-3H3,(H,20,22);1H. The number of carbonyl (C=O) groups is 1. The van der Waals surface area contributed by atoms with Crippen molar-refractivity contribution in [2.24, 2.45) is 0 Å². The van der Waals surface area contributed by atoms with Crippen LogP contribution in [0, 0.1) is 0 Å². The van der Waals surface area contributed by atoms with Crippen LogP contribution < -0.4 is 10.6 Å². The molecule has 0 aromatic heterocycles. The Morgan fingerprint density at radius 2 is 1.74 bits per heavy atom. The van der Waals surface area contributed by atoms with Gasteiger partial charge in [0.05, 0.1) is 4.90 Å². The van der Waals surface area contributed by atoms with E-state index in [-0.39, 0.29) is 23.2 Å². The van der Waals surface area contributed by atoms with Gasteiger partial charge in [-0.2, -0.15) is 4.31 Å². The zero-order valence-corrected chi connectivity index (χ0v) is 17.8. The predicted octanol–water partition coefficient (Wildman–Crippen LogP) is 1.52. The first-order valence-electron chi connectivity index (χ1n) is 9.03. The number of piperidine rings is 1. The minimum atomic E-state index is -3.46. The fraction of sp³-hybridized carbons (Fsp3) is 0.611. The lowest BCUT2D eigenvalue weighted by Crippen LogP contribution is -2.53. The van der Waals surface area contributed by atoms with Crippen LogP contribution >= 0.6 is 12.4 Å². The lowest BCUT2D eigenvalue weighted by atomic mass is 9.91. The van der Waals surface area contributed by atoms with E-state index < -0.39 is 15.6 Å². The molecule has 1 fully saturated rings. The van der Waals surface area contributed by atoms with Crippen molar-refractivity contribution in [3.05, 3.63) is 29.8 Å². The Balaban J connectivity index is 0.00000364. The molecule has 7 nitrogen and oxygen atoms in total. The van der Waals surface area contributed by atoms with Crippen molar-refractivity contribution in [1.82, 2.24) is 14.9 Å². The van der Waals surface area contributed by atoms with Crippen molar-refractivity contribution in [1.29, 1.82) is 0 Å². The fourth-order valence-electron chi connectivity index (χ4n) is 3.19. The third kappa shape index (κ3) is 5.42. The summed E-state index contributed by atoms with van der Waals surface area (Å²) in [6, 6.07) is 6.65. The number of nitrogens with one attached hydrogen (secondary N) is 2. The number of carbonyl (C=O) groups excluding carboxylic acids is 1. The summed E-state index contributed by atoms with van der Waals surface area (Å²) in [4.78, 5) is 12.8. The molecule has 1 aliphatic heterocycles. The first-order chi connectivity index (χ1) is 12.4. The molecule has 0 spiro atoms. The highest BCUT2D eigenvalue weighted by atomic mass is 35.5. The molecule has 1 amide bonds. The average molecular weight is 420 g/mol. The third-order valence-electron chi connectivity index (χ3n) is 4.94. The second-order valence-corrected chi connectivity index (χ2v) is 8.30. The smallest absolute Gasteiger partial charge is 0.252 e. The van der Waals surface area contributed by atoms with Crippen LogP contribution in [0.2, 0.25) is 0 Å². The van der Waals surface area contributed by atoms with Gasteiger partial charge < -0.3 is 15.4 Å². The largest absolute Gasteiger partial charge is 0.368 e. The van der Waals surface area contributed by atoms with E-state index in [0.717, 1.165) is 18.7 Å². The molecule has 2 rings (SSSR count). The molecule has 2 N–H and O–H groups in total. The van der Waals surface area contributed by atoms with E-state index in [1.165, 1.54) is 4.31 Å². The minimum Gasteiger partial charge on any atom is -0.368 e. The molecule has 9 heteroatoms. The second-order valence-electron chi connectivity index (χ2n) is 6.36. The van der Waals surface area contributed by atoms with Gasteiger partial charge in [0.2, 0.25) is 10.0 Å². The number of methoxy groups -OCH3 is 1. The van der Waals surface area contributed by atoms with Gasteiger partial charge in [-0.05, 0) is 43.6 Å². The van der Waals surface area contributed by atoms with E-state index >= 15 is 0 Å². The number of hydrogen-bond donors (Lipinski definition) is 2. The van der Waals surface area contributed by atoms with Crippen molar-refractivity contribution in [3.63, 3.8) is 0 Å². The summed E-state index contributed by atoms with van der Waals surface area (Å²) in [5.41, 5.74) is 0.0640. The molecule has 0 radical (unpaired) electrons. The molecule has 154 valence electrons. The Morgan fingerprint density at radius 3 is 2.22 bits per heavy atom. The quantitative estimate of drug-likeness (QED) is 0.667. The third-order valence-corrected chi connectivity index (χ3v) is 7.00. The Hall–Kier alpha value is -1.19. The van der Waals surface area contributed by atoms with Crippen molar-refractivity contribution in [3.8, 4) is 0 Å². The van der Waals surface area contributed by atoms with Gasteiger partial charge in [0.1, 0.15) is 5.60 Å². The molecule has 1 heterocycles. The van der Waals surface area contributed by atoms with Gasteiger partial charge in [-0.1, -0.05) is 26.0 Å². The molecular formula is C18H30ClN3O4S. The van der Waals surface area contributed by atoms with Crippen molar-refractivity contribution < 1.29 is 17.9 Å². The van der Waals surface area contributed by atoms with E-state index in [0.29, 0.717) is 32.5 Å². The van der Waals surface area contributed by atoms with Gasteiger partial charge >= 0.3 is 0 Å². The van der Waals surface area contributed by atoms with Crippen LogP contribution in [0.1, 0.15) is 32.3 Å². The predicted molar refractivity (Wildman–Crippen MR) is 107 cm³/mol. The van der Waals surface area contributed by atoms with E-state index in [4.69, 9.17) is 4.74 Å². The number of amides is 1. The number of hydrogen-bond acceptors (Lipinski definition) is 5. The summed E-state index contributed by atoms with van der Waals surface area (Å²) in [6.45, 7) is 6.34. The van der Waals surface area contributed by atoms with E-state index in [1.54, 1.807) is 31.4 Å². The van der Waals surface area contributed by atoms with E-state index in [2.05, 4.69) is 10.6 Å². The van der Waals surface area contributed by atoms with Crippen LogP contribution in [-0.4, -0.2) is 57.5 Å². The monoisotopic (exact) mass is 419 g/mol. The van der Waals surface area contributed by atoms with Crippen molar-refractivity contribution >= 4 is 28.3 Å². The van der Waals surface area contributed by atoms with Crippen LogP contribution in [-0.2, 0) is 26.1 Å². The topological polar surface area (TPSA) is 87.7 Å². The van der Waals surface area contributed by atoms with Gasteiger partial charge in [0, 0.05) is 26.7 Å². The van der Waals surface area contributed by atoms with Crippen molar-refractivity contribution in [2.75, 3.05) is 33.3 Å². The molecule has 27 heavy (non-hydrogen) atoms. The van der Waals surface area contributed by atoms with Crippen LogP contribution in [0.3, 0.4) is 0 Å². The maximum Gasteiger partial charge on any atom is 0.252 e. The second kappa shape index (κ2) is 10.4. The first-order valence-corrected chi connectivity index (χ1v) is 10.5. The number of ether oxygens (including phenoxy) is 1.